The van der Waals surface area contributed by atoms with Gasteiger partial charge in [-0.05, 0) is 25.3 Å². The number of hydrogen-bond acceptors (Lipinski definition) is 2. The lowest BCUT2D eigenvalue weighted by atomic mass is 9.96. The molecular weight excluding hydrogens is 236 g/mol. The van der Waals surface area contributed by atoms with Crippen LogP contribution in [0.25, 0.3) is 0 Å². The van der Waals surface area contributed by atoms with Gasteiger partial charge in [0.1, 0.15) is 0 Å². The zero-order valence-corrected chi connectivity index (χ0v) is 10.8. The molecule has 2 rings (SSSR count). The second-order valence-corrected chi connectivity index (χ2v) is 4.65. The SMILES string of the molecule is CC(N)C(=O)NCC1(c2ccccc2)CC1.Cl. The van der Waals surface area contributed by atoms with Gasteiger partial charge in [-0.25, -0.2) is 0 Å². The molecule has 17 heavy (non-hydrogen) atoms. The van der Waals surface area contributed by atoms with Gasteiger partial charge in [0.15, 0.2) is 0 Å². The Bertz CT molecular complexity index is 374. The van der Waals surface area contributed by atoms with Crippen molar-refractivity contribution in [3.05, 3.63) is 35.9 Å². The molecule has 3 N–H and O–H groups in total. The predicted molar refractivity (Wildman–Crippen MR) is 71.3 cm³/mol. The first-order valence-electron chi connectivity index (χ1n) is 5.73. The van der Waals surface area contributed by atoms with Crippen molar-refractivity contribution in [3.8, 4) is 0 Å². The van der Waals surface area contributed by atoms with Crippen LogP contribution in [0, 0.1) is 0 Å². The molecular formula is C13H19ClN2O. The monoisotopic (exact) mass is 254 g/mol. The molecule has 1 aliphatic rings. The molecule has 1 saturated carbocycles. The number of hydrogen-bond donors (Lipinski definition) is 2. The fourth-order valence-corrected chi connectivity index (χ4v) is 1.93. The van der Waals surface area contributed by atoms with Crippen LogP contribution >= 0.6 is 12.4 Å². The Labute approximate surface area is 108 Å². The fraction of sp³-hybridized carbons (Fsp3) is 0.462. The van der Waals surface area contributed by atoms with Gasteiger partial charge in [0, 0.05) is 12.0 Å². The molecule has 94 valence electrons. The van der Waals surface area contributed by atoms with E-state index in [1.807, 2.05) is 18.2 Å². The van der Waals surface area contributed by atoms with Crippen molar-refractivity contribution in [2.24, 2.45) is 5.73 Å². The number of halogens is 1. The average Bonchev–Trinajstić information content (AvgIpc) is 3.08. The molecule has 1 aromatic carbocycles. The number of carbonyl (C=O) groups excluding carboxylic acids is 1. The maximum absolute atomic E-state index is 11.4. The molecule has 0 aliphatic heterocycles. The third-order valence-electron chi connectivity index (χ3n) is 3.25. The average molecular weight is 255 g/mol. The van der Waals surface area contributed by atoms with Crippen LogP contribution in [0.4, 0.5) is 0 Å². The summed E-state index contributed by atoms with van der Waals surface area (Å²) < 4.78 is 0. The molecule has 1 aromatic rings. The van der Waals surface area contributed by atoms with Gasteiger partial charge in [0.25, 0.3) is 0 Å². The summed E-state index contributed by atoms with van der Waals surface area (Å²) in [7, 11) is 0. The predicted octanol–water partition coefficient (Wildman–Crippen LogP) is 1.60. The van der Waals surface area contributed by atoms with E-state index in [1.54, 1.807) is 6.92 Å². The van der Waals surface area contributed by atoms with E-state index in [4.69, 9.17) is 5.73 Å². The minimum atomic E-state index is -0.424. The van der Waals surface area contributed by atoms with Crippen molar-refractivity contribution in [2.45, 2.75) is 31.2 Å². The molecule has 0 heterocycles. The molecule has 0 bridgehead atoms. The highest BCUT2D eigenvalue weighted by molar-refractivity contribution is 5.85. The minimum Gasteiger partial charge on any atom is -0.354 e. The number of nitrogens with two attached hydrogens (primary N) is 1. The fourth-order valence-electron chi connectivity index (χ4n) is 1.93. The molecule has 1 amide bonds. The molecule has 0 spiro atoms. The van der Waals surface area contributed by atoms with Crippen LogP contribution in [-0.4, -0.2) is 18.5 Å². The van der Waals surface area contributed by atoms with E-state index in [9.17, 15) is 4.79 Å². The van der Waals surface area contributed by atoms with Gasteiger partial charge in [-0.3, -0.25) is 4.79 Å². The summed E-state index contributed by atoms with van der Waals surface area (Å²) in [6.45, 7) is 2.41. The zero-order valence-electron chi connectivity index (χ0n) is 9.98. The number of amides is 1. The van der Waals surface area contributed by atoms with Crippen LogP contribution < -0.4 is 11.1 Å². The molecule has 0 saturated heterocycles. The number of rotatable bonds is 4. The van der Waals surface area contributed by atoms with Gasteiger partial charge in [-0.15, -0.1) is 12.4 Å². The number of benzene rings is 1. The highest BCUT2D eigenvalue weighted by Gasteiger charge is 2.44. The van der Waals surface area contributed by atoms with Crippen molar-refractivity contribution in [3.63, 3.8) is 0 Å². The summed E-state index contributed by atoms with van der Waals surface area (Å²) in [6, 6.07) is 9.94. The van der Waals surface area contributed by atoms with E-state index in [-0.39, 0.29) is 23.7 Å². The van der Waals surface area contributed by atoms with E-state index in [0.717, 1.165) is 12.8 Å². The Balaban J connectivity index is 0.00000144. The topological polar surface area (TPSA) is 55.1 Å². The highest BCUT2D eigenvalue weighted by atomic mass is 35.5. The first kappa shape index (κ1) is 14.0. The molecule has 1 aliphatic carbocycles. The summed E-state index contributed by atoms with van der Waals surface area (Å²) in [4.78, 5) is 11.4. The van der Waals surface area contributed by atoms with E-state index in [0.29, 0.717) is 6.54 Å². The summed E-state index contributed by atoms with van der Waals surface area (Å²) in [5.41, 5.74) is 7.00. The maximum atomic E-state index is 11.4. The van der Waals surface area contributed by atoms with Crippen LogP contribution in [0.3, 0.4) is 0 Å². The number of nitrogens with one attached hydrogen (secondary N) is 1. The molecule has 0 aromatic heterocycles. The van der Waals surface area contributed by atoms with E-state index in [2.05, 4.69) is 17.4 Å². The van der Waals surface area contributed by atoms with Crippen LogP contribution in [0.2, 0.25) is 0 Å². The third kappa shape index (κ3) is 3.20. The van der Waals surface area contributed by atoms with Crippen LogP contribution in [-0.2, 0) is 10.2 Å². The van der Waals surface area contributed by atoms with Gasteiger partial charge >= 0.3 is 0 Å². The second-order valence-electron chi connectivity index (χ2n) is 4.65. The van der Waals surface area contributed by atoms with Gasteiger partial charge < -0.3 is 11.1 Å². The Kier molecular flexibility index (Phi) is 4.54. The summed E-state index contributed by atoms with van der Waals surface area (Å²) >= 11 is 0. The Morgan fingerprint density at radius 1 is 1.41 bits per heavy atom. The molecule has 1 fully saturated rings. The minimum absolute atomic E-state index is 0. The van der Waals surface area contributed by atoms with Crippen LogP contribution in [0.15, 0.2) is 30.3 Å². The van der Waals surface area contributed by atoms with Gasteiger partial charge in [-0.1, -0.05) is 30.3 Å². The van der Waals surface area contributed by atoms with Gasteiger partial charge in [0.05, 0.1) is 6.04 Å². The lowest BCUT2D eigenvalue weighted by molar-refractivity contribution is -0.122. The van der Waals surface area contributed by atoms with Crippen molar-refractivity contribution >= 4 is 18.3 Å². The summed E-state index contributed by atoms with van der Waals surface area (Å²) in [6.07, 6.45) is 2.30. The molecule has 1 atom stereocenters. The van der Waals surface area contributed by atoms with Gasteiger partial charge in [0.2, 0.25) is 5.91 Å². The van der Waals surface area contributed by atoms with Crippen molar-refractivity contribution in [2.75, 3.05) is 6.54 Å². The van der Waals surface area contributed by atoms with E-state index in [1.165, 1.54) is 5.56 Å². The summed E-state index contributed by atoms with van der Waals surface area (Å²) in [5, 5.41) is 2.92. The second kappa shape index (κ2) is 5.52. The summed E-state index contributed by atoms with van der Waals surface area (Å²) in [5.74, 6) is -0.0674. The standard InChI is InChI=1S/C13H18N2O.ClH/c1-10(14)12(16)15-9-13(7-8-13)11-5-3-2-4-6-11;/h2-6,10H,7-9,14H2,1H3,(H,15,16);1H. The Morgan fingerprint density at radius 3 is 2.47 bits per heavy atom. The molecule has 1 unspecified atom stereocenters. The Hall–Kier alpha value is -1.06. The normalized spacial score (nSPS) is 17.8. The first-order chi connectivity index (χ1) is 7.64. The molecule has 0 radical (unpaired) electrons. The smallest absolute Gasteiger partial charge is 0.236 e. The van der Waals surface area contributed by atoms with Crippen molar-refractivity contribution in [1.29, 1.82) is 0 Å². The molecule has 3 nitrogen and oxygen atoms in total. The maximum Gasteiger partial charge on any atom is 0.236 e. The van der Waals surface area contributed by atoms with Crippen molar-refractivity contribution < 1.29 is 4.79 Å². The van der Waals surface area contributed by atoms with Crippen LogP contribution in [0.1, 0.15) is 25.3 Å². The highest BCUT2D eigenvalue weighted by Crippen LogP contribution is 2.47. The van der Waals surface area contributed by atoms with Gasteiger partial charge in [-0.2, -0.15) is 0 Å². The number of carbonyl (C=O) groups is 1. The van der Waals surface area contributed by atoms with Crippen LogP contribution in [0.5, 0.6) is 0 Å². The first-order valence-corrected chi connectivity index (χ1v) is 5.73. The largest absolute Gasteiger partial charge is 0.354 e. The lowest BCUT2D eigenvalue weighted by Crippen LogP contribution is -2.41. The molecule has 4 heteroatoms. The van der Waals surface area contributed by atoms with E-state index >= 15 is 0 Å². The van der Waals surface area contributed by atoms with Crippen molar-refractivity contribution in [1.82, 2.24) is 5.32 Å². The quantitative estimate of drug-likeness (QED) is 0.858. The third-order valence-corrected chi connectivity index (χ3v) is 3.25. The zero-order chi connectivity index (χ0) is 11.6. The lowest BCUT2D eigenvalue weighted by Gasteiger charge is -2.17. The van der Waals surface area contributed by atoms with E-state index < -0.39 is 6.04 Å². The Morgan fingerprint density at radius 2 is 2.00 bits per heavy atom.